The quantitative estimate of drug-likeness (QED) is 0.118. The van der Waals surface area contributed by atoms with Crippen molar-refractivity contribution in [1.82, 2.24) is 14.9 Å². The number of hydrogen-bond acceptors (Lipinski definition) is 16. The number of nitrogen functional groups attached to an aromatic ring is 1. The third-order valence-electron chi connectivity index (χ3n) is 6.82. The first-order valence-corrected chi connectivity index (χ1v) is 15.8. The van der Waals surface area contributed by atoms with Crippen molar-refractivity contribution in [2.45, 2.75) is 75.3 Å². The molecular weight excluding hydrogens is 619 g/mol. The minimum atomic E-state index is -5.66. The summed E-state index contributed by atoms with van der Waals surface area (Å²) in [6.45, 7) is 1.74. The maximum atomic E-state index is 12.8. The van der Waals surface area contributed by atoms with E-state index < -0.39 is 105 Å². The van der Waals surface area contributed by atoms with E-state index in [9.17, 15) is 49.1 Å². The molecule has 6 unspecified atom stereocenters. The number of aliphatic hydroxyl groups excluding tert-OH is 3. The van der Waals surface area contributed by atoms with Gasteiger partial charge in [0.05, 0.1) is 24.9 Å². The third-order valence-corrected chi connectivity index (χ3v) is 8.64. The van der Waals surface area contributed by atoms with E-state index in [2.05, 4.69) is 10.3 Å². The predicted molar refractivity (Wildman–Crippen MR) is 144 cm³/mol. The van der Waals surface area contributed by atoms with Gasteiger partial charge in [0.25, 0.3) is 13.6 Å². The van der Waals surface area contributed by atoms with Crippen LogP contribution < -0.4 is 21.6 Å². The first kappa shape index (κ1) is 35.0. The summed E-state index contributed by atoms with van der Waals surface area (Å²) in [5.41, 5.74) is 4.50. The molecule has 0 bridgehead atoms. The minimum absolute atomic E-state index is 0.120. The number of rotatable bonds is 13. The molecule has 242 valence electrons. The van der Waals surface area contributed by atoms with Gasteiger partial charge in [-0.2, -0.15) is 16.7 Å². The van der Waals surface area contributed by atoms with Crippen LogP contribution in [0.4, 0.5) is 5.82 Å². The summed E-state index contributed by atoms with van der Waals surface area (Å²) in [4.78, 5) is 65.3. The van der Waals surface area contributed by atoms with Crippen molar-refractivity contribution in [3.63, 3.8) is 0 Å². The van der Waals surface area contributed by atoms with Gasteiger partial charge >= 0.3 is 11.7 Å². The molecule has 2 fully saturated rings. The first-order chi connectivity index (χ1) is 20.0. The number of anilines is 1. The Balaban J connectivity index is 1.77. The van der Waals surface area contributed by atoms with E-state index in [1.165, 1.54) is 17.8 Å². The number of carbonyl (C=O) groups excluding carboxylic acids is 2. The Labute approximate surface area is 249 Å². The number of nitrogens with two attached hydrogens (primary N) is 1. The molecule has 10 atom stereocenters. The second kappa shape index (κ2) is 14.1. The number of aromatic nitrogens is 2. The lowest BCUT2D eigenvalue weighted by atomic mass is 9.89. The van der Waals surface area contributed by atoms with Crippen molar-refractivity contribution in [3.8, 4) is 0 Å². The summed E-state index contributed by atoms with van der Waals surface area (Å²) >= 11 is 1.38. The maximum Gasteiger partial charge on any atom is 0.364 e. The SMILES string of the molecule is CSCC(C)C(=O)CC1OC(OP(=O)([O-])OC[C@H]2O[C@@H](n3ccc(N)nc3=O)[C@H](O)[C@@H]2O)(C(=O)O)CC(O)C1NC(C)=O. The fourth-order valence-electron chi connectivity index (χ4n) is 4.67. The van der Waals surface area contributed by atoms with Crippen LogP contribution in [0.25, 0.3) is 0 Å². The third kappa shape index (κ3) is 8.39. The number of nitrogens with zero attached hydrogens (tertiary/aromatic N) is 2. The first-order valence-electron chi connectivity index (χ1n) is 12.9. The Morgan fingerprint density at radius 1 is 1.33 bits per heavy atom. The average molecular weight is 654 g/mol. The highest BCUT2D eigenvalue weighted by Gasteiger charge is 2.56. The molecule has 1 aromatic rings. The number of carboxylic acids is 1. The summed E-state index contributed by atoms with van der Waals surface area (Å²) in [5, 5.41) is 43.8. The topological polar surface area (TPSA) is 282 Å². The standard InChI is InChI=1S/C23H35N4O14PS/c1-10(9-43-3)12(29)6-14-17(25-11(2)28)13(30)7-23(40-14,21(33)34)41-42(36,37)38-8-15-18(31)19(32)20(39-15)27-5-4-16(24)26-22(27)35/h4-5,10,13-15,17-20,30-32H,6-9H2,1-3H3,(H,25,28)(H,33,34)(H,36,37)(H2,24,26,35)/p-1/t10?,13?,14?,15-,17?,18-,19-,20-,23?/m1/s1. The highest BCUT2D eigenvalue weighted by molar-refractivity contribution is 7.98. The molecular formula is C23H34N4O14PS-. The number of nitrogens with one attached hydrogen (secondary N) is 1. The van der Waals surface area contributed by atoms with Crippen LogP contribution in [0.3, 0.4) is 0 Å². The molecule has 2 saturated heterocycles. The number of hydrogen-bond donors (Lipinski definition) is 6. The second-order valence-electron chi connectivity index (χ2n) is 10.2. The summed E-state index contributed by atoms with van der Waals surface area (Å²) in [7, 11) is -5.66. The zero-order valence-electron chi connectivity index (χ0n) is 23.3. The Morgan fingerprint density at radius 2 is 2.00 bits per heavy atom. The number of amides is 1. The van der Waals surface area contributed by atoms with E-state index in [1.807, 2.05) is 0 Å². The van der Waals surface area contributed by atoms with Gasteiger partial charge < -0.3 is 50.4 Å². The Bertz CT molecular complexity index is 1300. The van der Waals surface area contributed by atoms with Gasteiger partial charge in [-0.3, -0.25) is 23.2 Å². The lowest BCUT2D eigenvalue weighted by Crippen LogP contribution is -2.64. The van der Waals surface area contributed by atoms with Crippen molar-refractivity contribution < 1.29 is 62.8 Å². The van der Waals surface area contributed by atoms with Gasteiger partial charge in [-0.15, -0.1) is 0 Å². The van der Waals surface area contributed by atoms with Crippen LogP contribution in [0.2, 0.25) is 0 Å². The number of aliphatic carboxylic acids is 1. The van der Waals surface area contributed by atoms with E-state index in [0.717, 1.165) is 17.7 Å². The van der Waals surface area contributed by atoms with Crippen molar-refractivity contribution in [2.24, 2.45) is 5.92 Å². The van der Waals surface area contributed by atoms with Crippen LogP contribution in [0, 0.1) is 5.92 Å². The highest BCUT2D eigenvalue weighted by Crippen LogP contribution is 2.48. The molecule has 0 aromatic carbocycles. The van der Waals surface area contributed by atoms with Crippen molar-refractivity contribution in [3.05, 3.63) is 22.7 Å². The number of aliphatic hydroxyl groups is 3. The maximum absolute atomic E-state index is 12.8. The zero-order valence-corrected chi connectivity index (χ0v) is 25.0. The zero-order chi connectivity index (χ0) is 32.3. The molecule has 1 amide bonds. The van der Waals surface area contributed by atoms with Crippen LogP contribution in [-0.2, 0) is 37.5 Å². The smallest absolute Gasteiger partial charge is 0.364 e. The molecule has 20 heteroatoms. The van der Waals surface area contributed by atoms with E-state index in [4.69, 9.17) is 24.3 Å². The van der Waals surface area contributed by atoms with Gasteiger partial charge in [-0.05, 0) is 12.3 Å². The predicted octanol–water partition coefficient (Wildman–Crippen LogP) is -2.66. The average Bonchev–Trinajstić information content (AvgIpc) is 3.17. The molecule has 43 heavy (non-hydrogen) atoms. The molecule has 3 heterocycles. The summed E-state index contributed by atoms with van der Waals surface area (Å²) < 4.78 is 34.1. The molecule has 0 radical (unpaired) electrons. The lowest BCUT2D eigenvalue weighted by Gasteiger charge is -2.46. The summed E-state index contributed by atoms with van der Waals surface area (Å²) in [6, 6.07) is -0.0597. The molecule has 0 aliphatic carbocycles. The molecule has 7 N–H and O–H groups in total. The largest absolute Gasteiger partial charge is 0.756 e. The number of phosphoric acid groups is 1. The van der Waals surface area contributed by atoms with Gasteiger partial charge in [0.2, 0.25) is 5.91 Å². The number of carbonyl (C=O) groups is 3. The van der Waals surface area contributed by atoms with Gasteiger partial charge in [0, 0.05) is 37.6 Å². The van der Waals surface area contributed by atoms with Gasteiger partial charge in [-0.1, -0.05) is 6.92 Å². The fourth-order valence-corrected chi connectivity index (χ4v) is 6.30. The van der Waals surface area contributed by atoms with Crippen LogP contribution in [0.5, 0.6) is 0 Å². The Hall–Kier alpha value is -2.45. The number of phosphoric ester groups is 1. The van der Waals surface area contributed by atoms with Crippen molar-refractivity contribution in [2.75, 3.05) is 24.3 Å². The van der Waals surface area contributed by atoms with Crippen LogP contribution in [0.1, 0.15) is 32.9 Å². The fraction of sp³-hybridized carbons (Fsp3) is 0.696. The summed E-state index contributed by atoms with van der Waals surface area (Å²) in [5.74, 6) is -6.30. The Morgan fingerprint density at radius 3 is 2.58 bits per heavy atom. The van der Waals surface area contributed by atoms with E-state index >= 15 is 0 Å². The normalized spacial score (nSPS) is 33.0. The molecule has 2 aliphatic rings. The minimum Gasteiger partial charge on any atom is -0.756 e. The van der Waals surface area contributed by atoms with E-state index in [0.29, 0.717) is 5.75 Å². The number of ketones is 1. The number of thioether (sulfide) groups is 1. The number of Topliss-reactive ketones (excluding diaryl/α,β-unsaturated/α-hetero) is 1. The van der Waals surface area contributed by atoms with Crippen LogP contribution >= 0.6 is 19.6 Å². The summed E-state index contributed by atoms with van der Waals surface area (Å²) in [6.07, 6.45) is -8.39. The molecule has 18 nitrogen and oxygen atoms in total. The van der Waals surface area contributed by atoms with E-state index in [1.54, 1.807) is 13.2 Å². The molecule has 0 spiro atoms. The van der Waals surface area contributed by atoms with Crippen LogP contribution in [0.15, 0.2) is 17.1 Å². The highest BCUT2D eigenvalue weighted by atomic mass is 32.2. The number of carboxylic acid groups (broad SMARTS) is 1. The van der Waals surface area contributed by atoms with Gasteiger partial charge in [-0.25, -0.2) is 9.59 Å². The van der Waals surface area contributed by atoms with Crippen molar-refractivity contribution >= 4 is 43.1 Å². The molecule has 2 aliphatic heterocycles. The molecule has 0 saturated carbocycles. The number of ether oxygens (including phenoxy) is 2. The molecule has 3 rings (SSSR count). The second-order valence-corrected chi connectivity index (χ2v) is 12.4. The lowest BCUT2D eigenvalue weighted by molar-refractivity contribution is -0.302. The van der Waals surface area contributed by atoms with Crippen molar-refractivity contribution in [1.29, 1.82) is 0 Å². The van der Waals surface area contributed by atoms with Crippen LogP contribution in [-0.4, -0.2) is 109 Å². The van der Waals surface area contributed by atoms with Gasteiger partial charge in [0.15, 0.2) is 6.23 Å². The van der Waals surface area contributed by atoms with E-state index in [-0.39, 0.29) is 5.82 Å². The molecule has 1 aromatic heterocycles. The monoisotopic (exact) mass is 653 g/mol. The Kier molecular flexibility index (Phi) is 11.5. The van der Waals surface area contributed by atoms with Gasteiger partial charge in [0.1, 0.15) is 29.9 Å².